The van der Waals surface area contributed by atoms with Crippen molar-refractivity contribution in [3.05, 3.63) is 17.2 Å². The second-order valence-corrected chi connectivity index (χ2v) is 6.44. The Hall–Kier alpha value is -1.22. The van der Waals surface area contributed by atoms with E-state index in [0.29, 0.717) is 36.0 Å². The lowest BCUT2D eigenvalue weighted by atomic mass is 10.3. The van der Waals surface area contributed by atoms with Crippen LogP contribution in [-0.4, -0.2) is 47.1 Å². The minimum atomic E-state index is -3.71. The molecular formula is C12H20ClN3O4S. The minimum Gasteiger partial charge on any atom is -0.495 e. The first-order valence-electron chi connectivity index (χ1n) is 6.21. The Morgan fingerprint density at radius 3 is 2.43 bits per heavy atom. The van der Waals surface area contributed by atoms with Crippen molar-refractivity contribution in [2.45, 2.75) is 6.42 Å². The average Bonchev–Trinajstić information content (AvgIpc) is 2.45. The number of benzene rings is 1. The van der Waals surface area contributed by atoms with Crippen molar-refractivity contribution < 1.29 is 17.9 Å². The number of nitrogens with zero attached hydrogens (tertiary/aromatic N) is 1. The summed E-state index contributed by atoms with van der Waals surface area (Å²) in [7, 11) is 0.631. The normalized spacial score (nSPS) is 11.5. The van der Waals surface area contributed by atoms with Gasteiger partial charge in [-0.15, -0.1) is 0 Å². The zero-order valence-electron chi connectivity index (χ0n) is 12.2. The summed E-state index contributed by atoms with van der Waals surface area (Å²) in [5, 5.41) is 0.328. The molecule has 21 heavy (non-hydrogen) atoms. The molecule has 0 amide bonds. The minimum absolute atomic E-state index is 0.248. The van der Waals surface area contributed by atoms with E-state index < -0.39 is 10.2 Å². The summed E-state index contributed by atoms with van der Waals surface area (Å²) < 4.78 is 38.2. The Kier molecular flexibility index (Phi) is 6.53. The topological polar surface area (TPSA) is 93.9 Å². The average molecular weight is 338 g/mol. The van der Waals surface area contributed by atoms with Crippen LogP contribution in [-0.2, 0) is 10.2 Å². The first-order valence-corrected chi connectivity index (χ1v) is 8.03. The Labute approximate surface area is 130 Å². The van der Waals surface area contributed by atoms with Gasteiger partial charge >= 0.3 is 10.2 Å². The van der Waals surface area contributed by atoms with Crippen LogP contribution < -0.4 is 19.9 Å². The van der Waals surface area contributed by atoms with Crippen LogP contribution in [0.15, 0.2) is 12.1 Å². The molecule has 9 heteroatoms. The molecule has 3 N–H and O–H groups in total. The number of ether oxygens (including phenoxy) is 2. The maximum Gasteiger partial charge on any atom is 0.301 e. The third-order valence-corrected chi connectivity index (χ3v) is 4.58. The summed E-state index contributed by atoms with van der Waals surface area (Å²) >= 11 is 5.98. The predicted molar refractivity (Wildman–Crippen MR) is 83.4 cm³/mol. The van der Waals surface area contributed by atoms with Crippen LogP contribution in [0.5, 0.6) is 11.5 Å². The van der Waals surface area contributed by atoms with Gasteiger partial charge in [0.15, 0.2) is 0 Å². The number of methoxy groups -OCH3 is 2. The van der Waals surface area contributed by atoms with E-state index in [-0.39, 0.29) is 5.69 Å². The fourth-order valence-electron chi connectivity index (χ4n) is 1.59. The Balaban J connectivity index is 3.05. The molecule has 0 aliphatic rings. The summed E-state index contributed by atoms with van der Waals surface area (Å²) in [5.41, 5.74) is 5.63. The zero-order valence-corrected chi connectivity index (χ0v) is 13.8. The van der Waals surface area contributed by atoms with Gasteiger partial charge in [0.05, 0.1) is 24.9 Å². The van der Waals surface area contributed by atoms with Crippen LogP contribution in [0.2, 0.25) is 5.02 Å². The summed E-state index contributed by atoms with van der Waals surface area (Å²) in [5.74, 6) is 0.649. The van der Waals surface area contributed by atoms with Crippen LogP contribution >= 0.6 is 11.6 Å². The van der Waals surface area contributed by atoms with Crippen LogP contribution in [0.3, 0.4) is 0 Å². The van der Waals surface area contributed by atoms with E-state index >= 15 is 0 Å². The molecular weight excluding hydrogens is 318 g/mol. The van der Waals surface area contributed by atoms with E-state index in [1.165, 1.54) is 37.7 Å². The van der Waals surface area contributed by atoms with Crippen molar-refractivity contribution in [1.29, 1.82) is 0 Å². The highest BCUT2D eigenvalue weighted by molar-refractivity contribution is 7.90. The van der Waals surface area contributed by atoms with Gasteiger partial charge in [-0.25, -0.2) is 0 Å². The van der Waals surface area contributed by atoms with E-state index in [9.17, 15) is 8.42 Å². The lowest BCUT2D eigenvalue weighted by Crippen LogP contribution is -2.34. The van der Waals surface area contributed by atoms with E-state index in [0.717, 1.165) is 0 Å². The van der Waals surface area contributed by atoms with E-state index in [1.54, 1.807) is 0 Å². The summed E-state index contributed by atoms with van der Waals surface area (Å²) in [4.78, 5) is 0. The van der Waals surface area contributed by atoms with Crippen molar-refractivity contribution in [3.8, 4) is 11.5 Å². The monoisotopic (exact) mass is 337 g/mol. The van der Waals surface area contributed by atoms with Crippen molar-refractivity contribution in [2.75, 3.05) is 39.1 Å². The van der Waals surface area contributed by atoms with Gasteiger partial charge in [-0.3, -0.25) is 4.72 Å². The highest BCUT2D eigenvalue weighted by Crippen LogP contribution is 2.36. The Bertz CT molecular complexity index is 580. The number of hydrogen-bond acceptors (Lipinski definition) is 5. The number of anilines is 1. The third kappa shape index (κ3) is 4.63. The predicted octanol–water partition coefficient (Wildman–Crippen LogP) is 1.29. The number of nitrogens with one attached hydrogen (secondary N) is 1. The number of hydrogen-bond donors (Lipinski definition) is 2. The summed E-state index contributed by atoms with van der Waals surface area (Å²) in [6.45, 7) is 0.733. The molecule has 0 aliphatic heterocycles. The zero-order chi connectivity index (χ0) is 16.0. The van der Waals surface area contributed by atoms with Gasteiger partial charge in [0, 0.05) is 25.7 Å². The fourth-order valence-corrected chi connectivity index (χ4v) is 2.78. The van der Waals surface area contributed by atoms with Crippen molar-refractivity contribution in [1.82, 2.24) is 4.31 Å². The summed E-state index contributed by atoms with van der Waals surface area (Å²) in [6.07, 6.45) is 0.568. The highest BCUT2D eigenvalue weighted by atomic mass is 35.5. The van der Waals surface area contributed by atoms with Gasteiger partial charge in [0.1, 0.15) is 11.5 Å². The van der Waals surface area contributed by atoms with Gasteiger partial charge < -0.3 is 15.2 Å². The first kappa shape index (κ1) is 17.8. The van der Waals surface area contributed by atoms with Gasteiger partial charge in [-0.05, 0) is 13.0 Å². The van der Waals surface area contributed by atoms with Gasteiger partial charge in [-0.2, -0.15) is 12.7 Å². The maximum absolute atomic E-state index is 12.2. The molecule has 7 nitrogen and oxygen atoms in total. The molecule has 0 aliphatic carbocycles. The van der Waals surface area contributed by atoms with E-state index in [2.05, 4.69) is 4.72 Å². The molecule has 0 heterocycles. The van der Waals surface area contributed by atoms with Gasteiger partial charge in [-0.1, -0.05) is 11.6 Å². The van der Waals surface area contributed by atoms with Crippen molar-refractivity contribution in [2.24, 2.45) is 5.73 Å². The molecule has 120 valence electrons. The van der Waals surface area contributed by atoms with Gasteiger partial charge in [0.25, 0.3) is 0 Å². The quantitative estimate of drug-likeness (QED) is 0.745. The van der Waals surface area contributed by atoms with Crippen LogP contribution in [0, 0.1) is 0 Å². The second kappa shape index (κ2) is 7.69. The van der Waals surface area contributed by atoms with Crippen LogP contribution in [0.25, 0.3) is 0 Å². The molecule has 1 rings (SSSR count). The number of rotatable bonds is 8. The van der Waals surface area contributed by atoms with E-state index in [1.807, 2.05) is 0 Å². The highest BCUT2D eigenvalue weighted by Gasteiger charge is 2.20. The molecule has 0 atom stereocenters. The lowest BCUT2D eigenvalue weighted by Gasteiger charge is -2.19. The third-order valence-electron chi connectivity index (χ3n) is 2.80. The fraction of sp³-hybridized carbons (Fsp3) is 0.500. The molecule has 0 radical (unpaired) electrons. The Morgan fingerprint density at radius 2 is 1.90 bits per heavy atom. The first-order chi connectivity index (χ1) is 9.85. The molecule has 1 aromatic rings. The van der Waals surface area contributed by atoms with Crippen LogP contribution in [0.1, 0.15) is 6.42 Å². The summed E-state index contributed by atoms with van der Waals surface area (Å²) in [6, 6.07) is 2.95. The molecule has 1 aromatic carbocycles. The molecule has 0 spiro atoms. The smallest absolute Gasteiger partial charge is 0.301 e. The Morgan fingerprint density at radius 1 is 1.29 bits per heavy atom. The molecule has 0 saturated carbocycles. The van der Waals surface area contributed by atoms with Crippen LogP contribution in [0.4, 0.5) is 5.69 Å². The molecule has 0 saturated heterocycles. The molecule has 0 aromatic heterocycles. The lowest BCUT2D eigenvalue weighted by molar-refractivity contribution is 0.405. The standard InChI is InChI=1S/C12H20ClN3O4S/c1-16(6-4-5-14)21(17,18)15-10-8-11(19-2)9(13)7-12(10)20-3/h7-8,15H,4-6,14H2,1-3H3. The largest absolute Gasteiger partial charge is 0.495 e. The number of nitrogens with two attached hydrogens (primary N) is 1. The molecule has 0 unspecified atom stereocenters. The SMILES string of the molecule is COc1cc(NS(=O)(=O)N(C)CCCN)c(OC)cc1Cl. The molecule has 0 fully saturated rings. The van der Waals surface area contributed by atoms with Crippen molar-refractivity contribution >= 4 is 27.5 Å². The van der Waals surface area contributed by atoms with E-state index in [4.69, 9.17) is 26.8 Å². The molecule has 0 bridgehead atoms. The number of halogens is 1. The maximum atomic E-state index is 12.2. The van der Waals surface area contributed by atoms with Gasteiger partial charge in [0.2, 0.25) is 0 Å². The second-order valence-electron chi connectivity index (χ2n) is 4.26. The van der Waals surface area contributed by atoms with Crippen molar-refractivity contribution in [3.63, 3.8) is 0 Å².